The molecule has 5 heteroatoms. The Morgan fingerprint density at radius 2 is 0.474 bits per heavy atom. The molecule has 0 unspecified atom stereocenters. The van der Waals surface area contributed by atoms with Gasteiger partial charge in [0, 0.05) is 77.9 Å². The van der Waals surface area contributed by atoms with Gasteiger partial charge in [-0.2, -0.15) is 0 Å². The van der Waals surface area contributed by atoms with Crippen molar-refractivity contribution in [1.29, 1.82) is 0 Å². The Kier molecular flexibility index (Phi) is 16.7. The topological polar surface area (TPSA) is 16.3 Å². The molecule has 0 atom stereocenters. The number of anilines is 6. The van der Waals surface area contributed by atoms with Crippen molar-refractivity contribution in [3.8, 4) is 100 Å². The highest BCUT2D eigenvalue weighted by Gasteiger charge is 2.46. The summed E-state index contributed by atoms with van der Waals surface area (Å²) in [5.74, 6) is 0. The molecule has 0 saturated carbocycles. The molecule has 0 bridgehead atoms. The summed E-state index contributed by atoms with van der Waals surface area (Å²) in [5.41, 5.74) is 39.0. The van der Waals surface area contributed by atoms with E-state index in [2.05, 4.69) is 456 Å². The molecule has 21 rings (SSSR count). The maximum Gasteiger partial charge on any atom is 0.252 e. The molecule has 116 heavy (non-hydrogen) atoms. The van der Waals surface area contributed by atoms with Gasteiger partial charge in [0.25, 0.3) is 6.71 Å². The summed E-state index contributed by atoms with van der Waals surface area (Å²) in [6.07, 6.45) is 0. The van der Waals surface area contributed by atoms with Crippen molar-refractivity contribution < 1.29 is 0 Å². The Labute approximate surface area is 679 Å². The number of nitrogens with zero attached hydrogens (tertiary/aromatic N) is 4. The Morgan fingerprint density at radius 3 is 0.724 bits per heavy atom. The summed E-state index contributed by atoms with van der Waals surface area (Å²) in [5, 5.41) is 4.79. The summed E-state index contributed by atoms with van der Waals surface area (Å²) in [4.78, 5) is 5.43. The van der Waals surface area contributed by atoms with E-state index in [-0.39, 0.29) is 17.5 Å². The fraction of sp³-hybridized carbons (Fsp3) is 0.0811. The minimum absolute atomic E-state index is 0.211. The lowest BCUT2D eigenvalue weighted by atomic mass is 9.33. The van der Waals surface area contributed by atoms with Gasteiger partial charge in [0.2, 0.25) is 0 Å². The Bertz CT molecular complexity index is 6320. The number of benzene rings is 17. The van der Waals surface area contributed by atoms with Crippen molar-refractivity contribution in [2.24, 2.45) is 0 Å². The van der Waals surface area contributed by atoms with Gasteiger partial charge >= 0.3 is 0 Å². The van der Waals surface area contributed by atoms with E-state index >= 15 is 0 Å². The highest BCUT2D eigenvalue weighted by molar-refractivity contribution is 7.00. The van der Waals surface area contributed by atoms with Crippen LogP contribution < -0.4 is 26.2 Å². The smallest absolute Gasteiger partial charge is 0.252 e. The predicted molar refractivity (Wildman–Crippen MR) is 495 cm³/mol. The van der Waals surface area contributed by atoms with E-state index in [1.165, 1.54) is 93.6 Å². The first-order valence-corrected chi connectivity index (χ1v) is 40.7. The first-order valence-electron chi connectivity index (χ1n) is 40.7. The normalized spacial score (nSPS) is 12.6. The van der Waals surface area contributed by atoms with Gasteiger partial charge < -0.3 is 18.9 Å². The van der Waals surface area contributed by atoms with E-state index in [9.17, 15) is 0 Å². The first kappa shape index (κ1) is 69.9. The van der Waals surface area contributed by atoms with E-state index in [4.69, 9.17) is 0 Å². The number of hydrogen-bond acceptors (Lipinski definition) is 2. The zero-order valence-corrected chi connectivity index (χ0v) is 66.3. The molecule has 17 aromatic carbocycles. The van der Waals surface area contributed by atoms with Crippen LogP contribution in [0, 0.1) is 6.92 Å². The fourth-order valence-corrected chi connectivity index (χ4v) is 18.7. The van der Waals surface area contributed by atoms with Crippen LogP contribution in [0.25, 0.3) is 144 Å². The number of hydrogen-bond donors (Lipinski definition) is 0. The van der Waals surface area contributed by atoms with Gasteiger partial charge in [-0.3, -0.25) is 0 Å². The molecule has 0 radical (unpaired) electrons. The third kappa shape index (κ3) is 11.8. The van der Waals surface area contributed by atoms with Crippen LogP contribution in [0.2, 0.25) is 0 Å². The molecule has 2 aliphatic rings. The lowest BCUT2D eigenvalue weighted by molar-refractivity contribution is 0.590. The number of rotatable bonds is 12. The van der Waals surface area contributed by atoms with Crippen LogP contribution in [-0.2, 0) is 10.8 Å². The molecule has 2 aliphatic heterocycles. The number of fused-ring (bicyclic) bond motifs is 10. The lowest BCUT2D eigenvalue weighted by Crippen LogP contribution is -2.61. The van der Waals surface area contributed by atoms with Crippen LogP contribution in [0.4, 0.5) is 34.1 Å². The van der Waals surface area contributed by atoms with Crippen molar-refractivity contribution in [3.05, 3.63) is 405 Å². The van der Waals surface area contributed by atoms with Crippen LogP contribution in [0.15, 0.2) is 388 Å². The van der Waals surface area contributed by atoms with E-state index in [1.807, 2.05) is 0 Å². The summed E-state index contributed by atoms with van der Waals surface area (Å²) < 4.78 is 5.08. The molecule has 4 heterocycles. The largest absolute Gasteiger partial charge is 0.310 e. The van der Waals surface area contributed by atoms with Gasteiger partial charge in [0.05, 0.1) is 33.4 Å². The number of aromatic nitrogens is 2. The molecule has 0 saturated heterocycles. The van der Waals surface area contributed by atoms with Crippen LogP contribution >= 0.6 is 0 Å². The zero-order valence-electron chi connectivity index (χ0n) is 66.3. The quantitative estimate of drug-likeness (QED) is 0.113. The van der Waals surface area contributed by atoms with Crippen molar-refractivity contribution in [2.75, 3.05) is 9.80 Å². The highest BCUT2D eigenvalue weighted by Crippen LogP contribution is 2.56. The SMILES string of the molecule is Cc1cc2c3c(c1)N(c1c(-c4ccccc4)cc(C(C)(C)C)cc1-c1ccccc1)c1cc(-n4c5ccc(-c6ccccc6)cc5c5cc(-c6ccccc6)ccc54)ccc1B3c1ccc(-n3c4ccc(-c5ccccc5)cc4c4cc(-c5ccccc5)ccc43)cc1N2c1c(-c2ccccc2)cc(C(C)(C)C)cc1-c1ccccc1. The van der Waals surface area contributed by atoms with Gasteiger partial charge in [0.15, 0.2) is 0 Å². The second-order valence-corrected chi connectivity index (χ2v) is 33.7. The van der Waals surface area contributed by atoms with Crippen LogP contribution in [0.5, 0.6) is 0 Å². The van der Waals surface area contributed by atoms with E-state index in [0.29, 0.717) is 0 Å². The third-order valence-electron chi connectivity index (χ3n) is 24.4. The summed E-state index contributed by atoms with van der Waals surface area (Å²) in [6, 6.07) is 147. The number of aryl methyl sites for hydroxylation is 1. The molecular weight excluding hydrogens is 1400 g/mol. The molecule has 2 aromatic heterocycles. The van der Waals surface area contributed by atoms with E-state index in [1.54, 1.807) is 0 Å². The third-order valence-corrected chi connectivity index (χ3v) is 24.4. The van der Waals surface area contributed by atoms with Crippen molar-refractivity contribution in [1.82, 2.24) is 9.13 Å². The summed E-state index contributed by atoms with van der Waals surface area (Å²) in [6.45, 7) is 16.2. The fourth-order valence-electron chi connectivity index (χ4n) is 18.7. The molecule has 0 N–H and O–H groups in total. The molecule has 552 valence electrons. The highest BCUT2D eigenvalue weighted by atomic mass is 15.2. The molecule has 19 aromatic rings. The average Bonchev–Trinajstić information content (AvgIpc) is 0.768. The van der Waals surface area contributed by atoms with Crippen molar-refractivity contribution >= 4 is 101 Å². The summed E-state index contributed by atoms with van der Waals surface area (Å²) in [7, 11) is 0. The second kappa shape index (κ2) is 27.7. The molecule has 0 aliphatic carbocycles. The Morgan fingerprint density at radius 1 is 0.224 bits per heavy atom. The van der Waals surface area contributed by atoms with Crippen LogP contribution in [0.1, 0.15) is 58.2 Å². The lowest BCUT2D eigenvalue weighted by Gasteiger charge is -2.46. The van der Waals surface area contributed by atoms with Crippen molar-refractivity contribution in [3.63, 3.8) is 0 Å². The maximum absolute atomic E-state index is 2.72. The minimum atomic E-state index is -0.273. The minimum Gasteiger partial charge on any atom is -0.310 e. The van der Waals surface area contributed by atoms with Gasteiger partial charge in [-0.05, 0) is 227 Å². The van der Waals surface area contributed by atoms with Crippen LogP contribution in [0.3, 0.4) is 0 Å². The molecule has 0 fully saturated rings. The second-order valence-electron chi connectivity index (χ2n) is 33.7. The first-order chi connectivity index (χ1) is 56.7. The predicted octanol–water partition coefficient (Wildman–Crippen LogP) is 28.2. The monoisotopic (exact) mass is 1480 g/mol. The van der Waals surface area contributed by atoms with Crippen molar-refractivity contribution in [2.45, 2.75) is 59.3 Å². The maximum atomic E-state index is 2.72. The average molecular weight is 1490 g/mol. The Hall–Kier alpha value is -14.0. The van der Waals surface area contributed by atoms with Gasteiger partial charge in [-0.25, -0.2) is 0 Å². The standard InChI is InChI=1S/C111H85BN4/c1-72-60-105-107-106(61-72)116(109-91(79-44-28-14-29-45-79)68-86(111(5,6)7)69-92(109)80-46-30-15-31-47-80)104-71-88(114-101-58-50-83(75-36-20-10-21-37-75)64-95(101)96-65-84(51-59-102(96)114)76-38-22-11-23-39-76)53-55-98(104)112(107)97-54-52-87(70-103(97)115(105)108-89(77-40-24-12-25-41-77)66-85(110(2,3)4)67-90(108)78-42-26-13-27-43-78)113-99-56-48-81(73-32-16-8-17-33-73)62-93(99)94-63-82(49-57-100(94)113)74-34-18-9-19-35-74/h8-71H,1-7H3. The molecular formula is C111H85BN4. The van der Waals surface area contributed by atoms with E-state index < -0.39 is 0 Å². The van der Waals surface area contributed by atoms with Gasteiger partial charge in [-0.15, -0.1) is 0 Å². The zero-order chi connectivity index (χ0) is 78.1. The Balaban J connectivity index is 0.901. The van der Waals surface area contributed by atoms with E-state index in [0.717, 1.165) is 118 Å². The molecule has 4 nitrogen and oxygen atoms in total. The molecule has 0 spiro atoms. The summed E-state index contributed by atoms with van der Waals surface area (Å²) >= 11 is 0. The molecule has 0 amide bonds. The van der Waals surface area contributed by atoms with Gasteiger partial charge in [0.1, 0.15) is 0 Å². The van der Waals surface area contributed by atoms with Gasteiger partial charge in [-0.1, -0.05) is 321 Å². The van der Waals surface area contributed by atoms with Crippen LogP contribution in [-0.4, -0.2) is 15.8 Å².